The van der Waals surface area contributed by atoms with Gasteiger partial charge in [-0.05, 0) is 32.0 Å². The lowest BCUT2D eigenvalue weighted by Crippen LogP contribution is -1.94. The minimum Gasteiger partial charge on any atom is -0.288 e. The third-order valence-electron chi connectivity index (χ3n) is 3.27. The van der Waals surface area contributed by atoms with Crippen molar-refractivity contribution in [1.29, 1.82) is 0 Å². The predicted molar refractivity (Wildman–Crippen MR) is 81.1 cm³/mol. The summed E-state index contributed by atoms with van der Waals surface area (Å²) in [6, 6.07) is 10.2. The zero-order chi connectivity index (χ0) is 13.7. The van der Waals surface area contributed by atoms with Crippen LogP contribution < -0.4 is 0 Å². The van der Waals surface area contributed by atoms with Gasteiger partial charge in [-0.3, -0.25) is 4.40 Å². The summed E-state index contributed by atoms with van der Waals surface area (Å²) in [6.45, 7) is 4.05. The Kier molecular flexibility index (Phi) is 2.37. The van der Waals surface area contributed by atoms with Crippen molar-refractivity contribution in [1.82, 2.24) is 19.4 Å². The van der Waals surface area contributed by atoms with Crippen molar-refractivity contribution < 1.29 is 0 Å². The SMILES string of the molecule is Cc1cc(C)n2cc(-c3nc4ccccc4s3)nc2n1. The molecule has 0 aliphatic heterocycles. The summed E-state index contributed by atoms with van der Waals surface area (Å²) in [7, 11) is 0. The van der Waals surface area contributed by atoms with Gasteiger partial charge in [-0.15, -0.1) is 11.3 Å². The van der Waals surface area contributed by atoms with Crippen LogP contribution in [0.15, 0.2) is 36.5 Å². The van der Waals surface area contributed by atoms with Crippen LogP contribution in [0.2, 0.25) is 0 Å². The number of aryl methyl sites for hydroxylation is 2. The maximum Gasteiger partial charge on any atom is 0.234 e. The molecule has 0 unspecified atom stereocenters. The number of para-hydroxylation sites is 1. The molecule has 0 fully saturated rings. The van der Waals surface area contributed by atoms with Crippen molar-refractivity contribution in [3.8, 4) is 10.7 Å². The number of thiazole rings is 1. The second kappa shape index (κ2) is 4.11. The molecule has 0 atom stereocenters. The molecule has 5 heteroatoms. The maximum atomic E-state index is 4.65. The molecular weight excluding hydrogens is 268 g/mol. The molecule has 4 nitrogen and oxygen atoms in total. The smallest absolute Gasteiger partial charge is 0.234 e. The fourth-order valence-corrected chi connectivity index (χ4v) is 3.28. The number of hydrogen-bond acceptors (Lipinski definition) is 4. The number of benzene rings is 1. The summed E-state index contributed by atoms with van der Waals surface area (Å²) in [6.07, 6.45) is 2.01. The van der Waals surface area contributed by atoms with Gasteiger partial charge in [-0.2, -0.15) is 0 Å². The molecule has 0 aliphatic rings. The minimum atomic E-state index is 0.733. The van der Waals surface area contributed by atoms with E-state index in [0.717, 1.165) is 33.4 Å². The molecule has 3 heterocycles. The molecule has 0 bridgehead atoms. The molecular formula is C15H12N4S. The first-order chi connectivity index (χ1) is 9.70. The molecule has 0 amide bonds. The van der Waals surface area contributed by atoms with Crippen molar-refractivity contribution >= 4 is 27.3 Å². The third-order valence-corrected chi connectivity index (χ3v) is 4.33. The first-order valence-corrected chi connectivity index (χ1v) is 7.22. The van der Waals surface area contributed by atoms with E-state index >= 15 is 0 Å². The van der Waals surface area contributed by atoms with Gasteiger partial charge < -0.3 is 0 Å². The number of imidazole rings is 1. The Morgan fingerprint density at radius 1 is 1.05 bits per heavy atom. The molecule has 0 saturated heterocycles. The van der Waals surface area contributed by atoms with E-state index in [4.69, 9.17) is 0 Å². The van der Waals surface area contributed by atoms with E-state index in [9.17, 15) is 0 Å². The Morgan fingerprint density at radius 3 is 2.75 bits per heavy atom. The highest BCUT2D eigenvalue weighted by Gasteiger charge is 2.11. The maximum absolute atomic E-state index is 4.65. The lowest BCUT2D eigenvalue weighted by Gasteiger charge is -1.98. The summed E-state index contributed by atoms with van der Waals surface area (Å²) in [5.41, 5.74) is 4.02. The monoisotopic (exact) mass is 280 g/mol. The molecule has 0 aliphatic carbocycles. The van der Waals surface area contributed by atoms with Gasteiger partial charge in [0.05, 0.1) is 10.2 Å². The van der Waals surface area contributed by atoms with E-state index < -0.39 is 0 Å². The molecule has 0 radical (unpaired) electrons. The Hall–Kier alpha value is -2.27. The van der Waals surface area contributed by atoms with Crippen LogP contribution >= 0.6 is 11.3 Å². The molecule has 4 aromatic rings. The van der Waals surface area contributed by atoms with Crippen LogP contribution in [0, 0.1) is 13.8 Å². The Bertz CT molecular complexity index is 903. The van der Waals surface area contributed by atoms with E-state index in [1.54, 1.807) is 11.3 Å². The first-order valence-electron chi connectivity index (χ1n) is 6.40. The van der Waals surface area contributed by atoms with E-state index in [2.05, 4.69) is 34.0 Å². The van der Waals surface area contributed by atoms with Crippen LogP contribution in [0.25, 0.3) is 26.7 Å². The molecule has 0 N–H and O–H groups in total. The van der Waals surface area contributed by atoms with Gasteiger partial charge in [0, 0.05) is 17.6 Å². The number of hydrogen-bond donors (Lipinski definition) is 0. The summed E-state index contributed by atoms with van der Waals surface area (Å²) in [4.78, 5) is 13.7. The molecule has 20 heavy (non-hydrogen) atoms. The van der Waals surface area contributed by atoms with Crippen molar-refractivity contribution in [3.05, 3.63) is 47.9 Å². The Balaban J connectivity index is 1.95. The summed E-state index contributed by atoms with van der Waals surface area (Å²) in [5, 5.41) is 0.939. The van der Waals surface area contributed by atoms with E-state index in [1.807, 2.05) is 35.7 Å². The van der Waals surface area contributed by atoms with Gasteiger partial charge in [0.2, 0.25) is 5.78 Å². The third kappa shape index (κ3) is 1.71. The van der Waals surface area contributed by atoms with Crippen molar-refractivity contribution in [2.24, 2.45) is 0 Å². The molecule has 0 saturated carbocycles. The zero-order valence-electron chi connectivity index (χ0n) is 11.2. The number of fused-ring (bicyclic) bond motifs is 2. The average Bonchev–Trinajstić information content (AvgIpc) is 3.01. The van der Waals surface area contributed by atoms with Crippen LogP contribution in [-0.4, -0.2) is 19.4 Å². The number of aromatic nitrogens is 4. The van der Waals surface area contributed by atoms with E-state index in [0.29, 0.717) is 0 Å². The van der Waals surface area contributed by atoms with Gasteiger partial charge in [0.15, 0.2) is 0 Å². The quantitative estimate of drug-likeness (QED) is 0.535. The number of rotatable bonds is 1. The lowest BCUT2D eigenvalue weighted by molar-refractivity contribution is 1.01. The van der Waals surface area contributed by atoms with Crippen LogP contribution in [0.5, 0.6) is 0 Å². The summed E-state index contributed by atoms with van der Waals surface area (Å²) in [5.74, 6) is 0.733. The normalized spacial score (nSPS) is 11.5. The fourth-order valence-electron chi connectivity index (χ4n) is 2.36. The van der Waals surface area contributed by atoms with Gasteiger partial charge in [-0.25, -0.2) is 15.0 Å². The topological polar surface area (TPSA) is 43.1 Å². The van der Waals surface area contributed by atoms with Gasteiger partial charge in [-0.1, -0.05) is 12.1 Å². The molecule has 3 aromatic heterocycles. The highest BCUT2D eigenvalue weighted by Crippen LogP contribution is 2.29. The molecule has 0 spiro atoms. The largest absolute Gasteiger partial charge is 0.288 e. The fraction of sp³-hybridized carbons (Fsp3) is 0.133. The second-order valence-corrected chi connectivity index (χ2v) is 5.85. The standard InChI is InChI=1S/C15H12N4S/c1-9-7-10(2)19-8-12(18-15(19)16-9)14-17-11-5-3-4-6-13(11)20-14/h3-8H,1-2H3. The zero-order valence-corrected chi connectivity index (χ0v) is 12.0. The van der Waals surface area contributed by atoms with Crippen molar-refractivity contribution in [3.63, 3.8) is 0 Å². The van der Waals surface area contributed by atoms with Gasteiger partial charge >= 0.3 is 0 Å². The van der Waals surface area contributed by atoms with Gasteiger partial charge in [0.25, 0.3) is 0 Å². The van der Waals surface area contributed by atoms with Crippen LogP contribution in [0.4, 0.5) is 0 Å². The molecule has 98 valence electrons. The van der Waals surface area contributed by atoms with Crippen LogP contribution in [0.3, 0.4) is 0 Å². The second-order valence-electron chi connectivity index (χ2n) is 4.82. The van der Waals surface area contributed by atoms with Crippen LogP contribution in [-0.2, 0) is 0 Å². The van der Waals surface area contributed by atoms with Crippen molar-refractivity contribution in [2.45, 2.75) is 13.8 Å². The predicted octanol–water partition coefficient (Wildman–Crippen LogP) is 3.62. The van der Waals surface area contributed by atoms with E-state index in [-0.39, 0.29) is 0 Å². The van der Waals surface area contributed by atoms with Crippen LogP contribution in [0.1, 0.15) is 11.4 Å². The lowest BCUT2D eigenvalue weighted by atomic mass is 10.3. The molecule has 4 rings (SSSR count). The summed E-state index contributed by atoms with van der Waals surface area (Å²) >= 11 is 1.66. The highest BCUT2D eigenvalue weighted by atomic mass is 32.1. The average molecular weight is 280 g/mol. The number of nitrogens with zero attached hydrogens (tertiary/aromatic N) is 4. The highest BCUT2D eigenvalue weighted by molar-refractivity contribution is 7.21. The molecule has 1 aromatic carbocycles. The summed E-state index contributed by atoms with van der Waals surface area (Å²) < 4.78 is 3.19. The minimum absolute atomic E-state index is 0.733. The van der Waals surface area contributed by atoms with Crippen molar-refractivity contribution in [2.75, 3.05) is 0 Å². The van der Waals surface area contributed by atoms with Gasteiger partial charge in [0.1, 0.15) is 10.7 Å². The first kappa shape index (κ1) is 11.5. The van der Waals surface area contributed by atoms with E-state index in [1.165, 1.54) is 4.70 Å². The Morgan fingerprint density at radius 2 is 1.90 bits per heavy atom. The Labute approximate surface area is 119 Å².